The number of aliphatic hydroxyl groups excluding tert-OH is 1. The van der Waals surface area contributed by atoms with Gasteiger partial charge in [0.15, 0.2) is 5.82 Å². The predicted molar refractivity (Wildman–Crippen MR) is 79.0 cm³/mol. The first kappa shape index (κ1) is 15.7. The third-order valence-corrected chi connectivity index (χ3v) is 3.80. The maximum atomic E-state index is 13.9. The molecule has 1 fully saturated rings. The van der Waals surface area contributed by atoms with Gasteiger partial charge in [-0.3, -0.25) is 4.99 Å². The molecule has 1 aliphatic rings. The molecule has 0 aromatic heterocycles. The number of nitrogen functional groups attached to an aromatic ring is 1. The lowest BCUT2D eigenvalue weighted by Gasteiger charge is -2.22. The quantitative estimate of drug-likeness (QED) is 0.443. The van der Waals surface area contributed by atoms with Crippen LogP contribution in [0.2, 0.25) is 0 Å². The summed E-state index contributed by atoms with van der Waals surface area (Å²) in [4.78, 5) is 4.16. The highest BCUT2D eigenvalue weighted by Crippen LogP contribution is 2.31. The van der Waals surface area contributed by atoms with Crippen molar-refractivity contribution in [1.82, 2.24) is 5.32 Å². The van der Waals surface area contributed by atoms with Crippen molar-refractivity contribution in [2.45, 2.75) is 25.9 Å². The monoisotopic (exact) mass is 297 g/mol. The lowest BCUT2D eigenvalue weighted by Crippen LogP contribution is -2.32. The molecule has 0 aliphatic heterocycles. The van der Waals surface area contributed by atoms with Crippen LogP contribution in [0.1, 0.15) is 31.4 Å². The lowest BCUT2D eigenvalue weighted by atomic mass is 9.95. The summed E-state index contributed by atoms with van der Waals surface area (Å²) in [5.41, 5.74) is 4.89. The number of hydrogen-bond donors (Lipinski definition) is 3. The molecule has 0 spiro atoms. The molecule has 21 heavy (non-hydrogen) atoms. The van der Waals surface area contributed by atoms with Crippen molar-refractivity contribution < 1.29 is 13.9 Å². The van der Waals surface area contributed by atoms with Crippen LogP contribution in [0.4, 0.5) is 14.5 Å². The number of nitrogens with one attached hydrogen (secondary N) is 1. The van der Waals surface area contributed by atoms with Crippen molar-refractivity contribution in [3.05, 3.63) is 29.3 Å². The maximum Gasteiger partial charge on any atom is 0.154 e. The summed E-state index contributed by atoms with van der Waals surface area (Å²) in [5.74, 6) is -0.706. The molecule has 2 atom stereocenters. The Kier molecular flexibility index (Phi) is 4.77. The smallest absolute Gasteiger partial charge is 0.154 e. The molecule has 0 bridgehead atoms. The standard InChI is InChI=1S/C15H21F2N3O/c1-8(7-20-15(19-2)9-3-4-9)14(21)12-10(16)5-6-11(18)13(12)17/h5-6,8-9,14,21H,3-4,7,18H2,1-2H3,(H,19,20). The molecule has 6 heteroatoms. The van der Waals surface area contributed by atoms with Crippen LogP contribution < -0.4 is 11.1 Å². The summed E-state index contributed by atoms with van der Waals surface area (Å²) in [6.07, 6.45) is 0.947. The van der Waals surface area contributed by atoms with Gasteiger partial charge in [0.05, 0.1) is 23.2 Å². The van der Waals surface area contributed by atoms with E-state index in [1.807, 2.05) is 0 Å². The highest BCUT2D eigenvalue weighted by Gasteiger charge is 2.29. The van der Waals surface area contributed by atoms with E-state index < -0.39 is 17.7 Å². The first-order valence-electron chi connectivity index (χ1n) is 7.07. The van der Waals surface area contributed by atoms with Gasteiger partial charge in [-0.05, 0) is 25.0 Å². The lowest BCUT2D eigenvalue weighted by molar-refractivity contribution is 0.111. The van der Waals surface area contributed by atoms with Gasteiger partial charge in [0.2, 0.25) is 0 Å². The fourth-order valence-electron chi connectivity index (χ4n) is 2.28. The number of halogens is 2. The summed E-state index contributed by atoms with van der Waals surface area (Å²) in [6.45, 7) is 2.11. The molecule has 1 aromatic rings. The van der Waals surface area contributed by atoms with E-state index in [0.717, 1.165) is 30.8 Å². The van der Waals surface area contributed by atoms with Crippen LogP contribution in [-0.2, 0) is 0 Å². The zero-order valence-electron chi connectivity index (χ0n) is 12.2. The second-order valence-corrected chi connectivity index (χ2v) is 5.55. The van der Waals surface area contributed by atoms with Gasteiger partial charge in [-0.1, -0.05) is 6.92 Å². The van der Waals surface area contributed by atoms with Crippen molar-refractivity contribution in [2.24, 2.45) is 16.8 Å². The van der Waals surface area contributed by atoms with Gasteiger partial charge in [-0.2, -0.15) is 0 Å². The number of anilines is 1. The second kappa shape index (κ2) is 6.39. The number of rotatable bonds is 5. The van der Waals surface area contributed by atoms with Crippen LogP contribution >= 0.6 is 0 Å². The minimum atomic E-state index is -1.27. The molecule has 1 aromatic carbocycles. The number of amidine groups is 1. The van der Waals surface area contributed by atoms with E-state index in [1.54, 1.807) is 14.0 Å². The minimum absolute atomic E-state index is 0.167. The van der Waals surface area contributed by atoms with Gasteiger partial charge in [-0.25, -0.2) is 8.78 Å². The largest absolute Gasteiger partial charge is 0.396 e. The summed E-state index contributed by atoms with van der Waals surface area (Å²) in [6, 6.07) is 2.22. The van der Waals surface area contributed by atoms with Gasteiger partial charge < -0.3 is 16.2 Å². The molecule has 0 heterocycles. The number of nitrogens with two attached hydrogens (primary N) is 1. The van der Waals surface area contributed by atoms with E-state index in [-0.39, 0.29) is 17.2 Å². The Bertz CT molecular complexity index is 544. The van der Waals surface area contributed by atoms with Crippen LogP contribution in [0.5, 0.6) is 0 Å². The zero-order valence-corrected chi connectivity index (χ0v) is 12.2. The van der Waals surface area contributed by atoms with Gasteiger partial charge in [-0.15, -0.1) is 0 Å². The van der Waals surface area contributed by atoms with Crippen LogP contribution in [-0.4, -0.2) is 24.5 Å². The fourth-order valence-corrected chi connectivity index (χ4v) is 2.28. The molecule has 2 unspecified atom stereocenters. The molecular weight excluding hydrogens is 276 g/mol. The average Bonchev–Trinajstić information content (AvgIpc) is 3.28. The molecule has 0 radical (unpaired) electrons. The average molecular weight is 297 g/mol. The Labute approximate surface area is 123 Å². The van der Waals surface area contributed by atoms with E-state index in [1.165, 1.54) is 0 Å². The Morgan fingerprint density at radius 1 is 1.48 bits per heavy atom. The van der Waals surface area contributed by atoms with Crippen LogP contribution in [0.15, 0.2) is 17.1 Å². The van der Waals surface area contributed by atoms with Crippen molar-refractivity contribution in [3.8, 4) is 0 Å². The molecule has 2 rings (SSSR count). The molecule has 1 saturated carbocycles. The van der Waals surface area contributed by atoms with E-state index in [2.05, 4.69) is 10.3 Å². The molecule has 0 saturated heterocycles. The third-order valence-electron chi connectivity index (χ3n) is 3.80. The van der Waals surface area contributed by atoms with Crippen molar-refractivity contribution in [3.63, 3.8) is 0 Å². The number of nitrogens with zero attached hydrogens (tertiary/aromatic N) is 1. The number of aliphatic hydroxyl groups is 1. The van der Waals surface area contributed by atoms with Crippen LogP contribution in [0.3, 0.4) is 0 Å². The first-order chi connectivity index (χ1) is 9.95. The van der Waals surface area contributed by atoms with E-state index >= 15 is 0 Å². The normalized spacial score (nSPS) is 18.4. The van der Waals surface area contributed by atoms with Gasteiger partial charge >= 0.3 is 0 Å². The van der Waals surface area contributed by atoms with Gasteiger partial charge in [0, 0.05) is 25.4 Å². The summed E-state index contributed by atoms with van der Waals surface area (Å²) in [5, 5.41) is 13.3. The minimum Gasteiger partial charge on any atom is -0.396 e. The Morgan fingerprint density at radius 2 is 2.14 bits per heavy atom. The molecule has 4 N–H and O–H groups in total. The van der Waals surface area contributed by atoms with E-state index in [4.69, 9.17) is 5.73 Å². The maximum absolute atomic E-state index is 13.9. The molecule has 116 valence electrons. The molecule has 0 amide bonds. The van der Waals surface area contributed by atoms with Gasteiger partial charge in [0.1, 0.15) is 5.82 Å². The molecule has 1 aliphatic carbocycles. The number of hydrogen-bond acceptors (Lipinski definition) is 3. The number of benzene rings is 1. The predicted octanol–water partition coefficient (Wildman–Crippen LogP) is 2.24. The molecular formula is C15H21F2N3O. The van der Waals surface area contributed by atoms with Gasteiger partial charge in [0.25, 0.3) is 0 Å². The van der Waals surface area contributed by atoms with E-state index in [0.29, 0.717) is 12.5 Å². The van der Waals surface area contributed by atoms with Crippen LogP contribution in [0.25, 0.3) is 0 Å². The third kappa shape index (κ3) is 3.50. The number of aliphatic imine (C=N–C) groups is 1. The Hall–Kier alpha value is -1.69. The van der Waals surface area contributed by atoms with Crippen molar-refractivity contribution in [2.75, 3.05) is 19.3 Å². The Balaban J connectivity index is 2.05. The van der Waals surface area contributed by atoms with Crippen molar-refractivity contribution in [1.29, 1.82) is 0 Å². The second-order valence-electron chi connectivity index (χ2n) is 5.55. The fraction of sp³-hybridized carbons (Fsp3) is 0.533. The Morgan fingerprint density at radius 3 is 2.71 bits per heavy atom. The summed E-state index contributed by atoms with van der Waals surface area (Å²) < 4.78 is 27.7. The highest BCUT2D eigenvalue weighted by atomic mass is 19.1. The molecule has 4 nitrogen and oxygen atoms in total. The SMILES string of the molecule is CN=C(NCC(C)C(O)c1c(F)ccc(N)c1F)C1CC1. The summed E-state index contributed by atoms with van der Waals surface area (Å²) >= 11 is 0. The highest BCUT2D eigenvalue weighted by molar-refractivity contribution is 5.86. The first-order valence-corrected chi connectivity index (χ1v) is 7.07. The van der Waals surface area contributed by atoms with Crippen LogP contribution in [0, 0.1) is 23.5 Å². The van der Waals surface area contributed by atoms with Crippen molar-refractivity contribution >= 4 is 11.5 Å². The summed E-state index contributed by atoms with van der Waals surface area (Å²) in [7, 11) is 1.71. The topological polar surface area (TPSA) is 70.6 Å². The van der Waals surface area contributed by atoms with E-state index in [9.17, 15) is 13.9 Å². The zero-order chi connectivity index (χ0) is 15.6.